The minimum absolute atomic E-state index is 0.545. The van der Waals surface area contributed by atoms with Gasteiger partial charge in [-0.3, -0.25) is 0 Å². The fourth-order valence-electron chi connectivity index (χ4n) is 0.802. The molecule has 2 heteroatoms. The molecular weight excluding hydrogens is 102 g/mol. The Balaban J connectivity index is 2.56. The van der Waals surface area contributed by atoms with Crippen LogP contribution in [0.4, 0.5) is 0 Å². The largest absolute Gasteiger partial charge is 0.376 e. The summed E-state index contributed by atoms with van der Waals surface area (Å²) in [6.45, 7) is 1.38. The molecule has 0 saturated carbocycles. The summed E-state index contributed by atoms with van der Waals surface area (Å²) in [5.41, 5.74) is -0.847. The minimum Gasteiger partial charge on any atom is -0.376 e. The molecule has 1 fully saturated rings. The predicted molar refractivity (Wildman–Crippen MR) is 31.3 cm³/mol. The third-order valence-electron chi connectivity index (χ3n) is 1.40. The zero-order chi connectivity index (χ0) is 6.04. The van der Waals surface area contributed by atoms with Gasteiger partial charge in [0.15, 0.2) is 0 Å². The van der Waals surface area contributed by atoms with Crippen LogP contribution in [-0.4, -0.2) is 23.8 Å². The second-order valence-electron chi connectivity index (χ2n) is 2.10. The molecule has 0 bridgehead atoms. The average molecular weight is 111 g/mol. The normalized spacial score (nSPS) is 37.0. The molecule has 2 nitrogen and oxygen atoms in total. The van der Waals surface area contributed by atoms with Crippen LogP contribution in [0.3, 0.4) is 0 Å². The van der Waals surface area contributed by atoms with E-state index in [4.69, 9.17) is 6.42 Å². The van der Waals surface area contributed by atoms with Gasteiger partial charge >= 0.3 is 0 Å². The Hall–Kier alpha value is -0.520. The van der Waals surface area contributed by atoms with Crippen LogP contribution in [-0.2, 0) is 0 Å². The third-order valence-corrected chi connectivity index (χ3v) is 1.40. The lowest BCUT2D eigenvalue weighted by atomic mass is 10.1. The summed E-state index contributed by atoms with van der Waals surface area (Å²) in [4.78, 5) is 0. The quantitative estimate of drug-likeness (QED) is 0.407. The summed E-state index contributed by atoms with van der Waals surface area (Å²) in [7, 11) is 0. The molecule has 0 aromatic heterocycles. The molecule has 0 amide bonds. The lowest BCUT2D eigenvalue weighted by Crippen LogP contribution is -2.28. The number of β-amino-alcohol motifs (C(OH)–C–C–N with tert-alkyl or cyclic N) is 1. The second kappa shape index (κ2) is 1.77. The van der Waals surface area contributed by atoms with Crippen molar-refractivity contribution in [3.63, 3.8) is 0 Å². The Labute approximate surface area is 48.9 Å². The van der Waals surface area contributed by atoms with E-state index >= 15 is 0 Å². The molecule has 0 aromatic rings. The van der Waals surface area contributed by atoms with Crippen molar-refractivity contribution in [1.29, 1.82) is 0 Å². The van der Waals surface area contributed by atoms with Crippen molar-refractivity contribution in [2.45, 2.75) is 12.0 Å². The number of rotatable bonds is 0. The Morgan fingerprint density at radius 3 is 2.75 bits per heavy atom. The first-order chi connectivity index (χ1) is 3.77. The van der Waals surface area contributed by atoms with Gasteiger partial charge in [0.2, 0.25) is 0 Å². The van der Waals surface area contributed by atoms with Crippen LogP contribution < -0.4 is 5.32 Å². The molecule has 2 N–H and O–H groups in total. The average Bonchev–Trinajstić information content (AvgIpc) is 2.17. The number of terminal acetylenes is 1. The third kappa shape index (κ3) is 0.835. The monoisotopic (exact) mass is 111 g/mol. The van der Waals surface area contributed by atoms with Crippen LogP contribution in [0.25, 0.3) is 0 Å². The van der Waals surface area contributed by atoms with Gasteiger partial charge in [0, 0.05) is 13.0 Å². The summed E-state index contributed by atoms with van der Waals surface area (Å²) in [6, 6.07) is 0. The maximum Gasteiger partial charge on any atom is 0.138 e. The van der Waals surface area contributed by atoms with Crippen molar-refractivity contribution in [3.05, 3.63) is 0 Å². The van der Waals surface area contributed by atoms with Gasteiger partial charge < -0.3 is 10.4 Å². The zero-order valence-corrected chi connectivity index (χ0v) is 4.65. The molecule has 0 radical (unpaired) electrons. The fraction of sp³-hybridized carbons (Fsp3) is 0.667. The molecule has 0 aliphatic carbocycles. The van der Waals surface area contributed by atoms with Crippen LogP contribution in [0.1, 0.15) is 6.42 Å². The molecule has 1 heterocycles. The summed E-state index contributed by atoms with van der Waals surface area (Å²) < 4.78 is 0. The zero-order valence-electron chi connectivity index (χ0n) is 4.65. The molecule has 0 spiro atoms. The van der Waals surface area contributed by atoms with Gasteiger partial charge in [0.25, 0.3) is 0 Å². The van der Waals surface area contributed by atoms with E-state index in [2.05, 4.69) is 11.2 Å². The van der Waals surface area contributed by atoms with Gasteiger partial charge in [-0.05, 0) is 6.54 Å². The molecule has 44 valence electrons. The van der Waals surface area contributed by atoms with E-state index in [1.54, 1.807) is 0 Å². The topological polar surface area (TPSA) is 32.3 Å². The highest BCUT2D eigenvalue weighted by Crippen LogP contribution is 2.11. The number of hydrogen-bond donors (Lipinski definition) is 2. The SMILES string of the molecule is C#C[C@]1(O)CCNC1. The molecule has 8 heavy (non-hydrogen) atoms. The maximum absolute atomic E-state index is 9.20. The lowest BCUT2D eigenvalue weighted by Gasteiger charge is -2.10. The molecule has 1 rings (SSSR count). The first-order valence-electron chi connectivity index (χ1n) is 2.68. The summed E-state index contributed by atoms with van der Waals surface area (Å²) >= 11 is 0. The highest BCUT2D eigenvalue weighted by atomic mass is 16.3. The van der Waals surface area contributed by atoms with E-state index in [1.165, 1.54) is 0 Å². The highest BCUT2D eigenvalue weighted by molar-refractivity contribution is 5.11. The van der Waals surface area contributed by atoms with Crippen LogP contribution in [0.2, 0.25) is 0 Å². The number of hydrogen-bond acceptors (Lipinski definition) is 2. The van der Waals surface area contributed by atoms with E-state index in [9.17, 15) is 5.11 Å². The van der Waals surface area contributed by atoms with Crippen molar-refractivity contribution in [2.75, 3.05) is 13.1 Å². The molecule has 1 saturated heterocycles. The Morgan fingerprint density at radius 1 is 1.75 bits per heavy atom. The van der Waals surface area contributed by atoms with Crippen molar-refractivity contribution in [2.24, 2.45) is 0 Å². The standard InChI is InChI=1S/C6H9NO/c1-2-6(8)3-4-7-5-6/h1,7-8H,3-5H2/t6-/m0/s1. The van der Waals surface area contributed by atoms with Gasteiger partial charge in [-0.2, -0.15) is 0 Å². The minimum atomic E-state index is -0.847. The summed E-state index contributed by atoms with van der Waals surface area (Å²) in [5, 5.41) is 12.2. The first-order valence-corrected chi connectivity index (χ1v) is 2.68. The number of aliphatic hydroxyl groups is 1. The predicted octanol–water partition coefficient (Wildman–Crippen LogP) is -0.656. The van der Waals surface area contributed by atoms with Crippen molar-refractivity contribution in [3.8, 4) is 12.3 Å². The highest BCUT2D eigenvalue weighted by Gasteiger charge is 2.27. The molecule has 1 aliphatic rings. The second-order valence-corrected chi connectivity index (χ2v) is 2.10. The van der Waals surface area contributed by atoms with E-state index < -0.39 is 5.60 Å². The lowest BCUT2D eigenvalue weighted by molar-refractivity contribution is 0.124. The van der Waals surface area contributed by atoms with Gasteiger partial charge in [0.1, 0.15) is 5.60 Å². The Kier molecular flexibility index (Phi) is 1.24. The molecule has 0 aromatic carbocycles. The van der Waals surface area contributed by atoms with Gasteiger partial charge in [0.05, 0.1) is 0 Å². The van der Waals surface area contributed by atoms with Crippen LogP contribution in [0.15, 0.2) is 0 Å². The van der Waals surface area contributed by atoms with Crippen molar-refractivity contribution < 1.29 is 5.11 Å². The Morgan fingerprint density at radius 2 is 2.50 bits per heavy atom. The van der Waals surface area contributed by atoms with Crippen LogP contribution in [0.5, 0.6) is 0 Å². The summed E-state index contributed by atoms with van der Waals surface area (Å²) in [6.07, 6.45) is 5.71. The summed E-state index contributed by atoms with van der Waals surface area (Å²) in [5.74, 6) is 2.33. The van der Waals surface area contributed by atoms with Gasteiger partial charge in [-0.15, -0.1) is 6.42 Å². The van der Waals surface area contributed by atoms with Gasteiger partial charge in [-0.1, -0.05) is 5.92 Å². The van der Waals surface area contributed by atoms with Crippen molar-refractivity contribution >= 4 is 0 Å². The van der Waals surface area contributed by atoms with E-state index in [1.807, 2.05) is 0 Å². The van der Waals surface area contributed by atoms with Gasteiger partial charge in [-0.25, -0.2) is 0 Å². The van der Waals surface area contributed by atoms with Crippen LogP contribution >= 0.6 is 0 Å². The molecule has 0 unspecified atom stereocenters. The number of nitrogens with one attached hydrogen (secondary N) is 1. The smallest absolute Gasteiger partial charge is 0.138 e. The van der Waals surface area contributed by atoms with E-state index in [0.717, 1.165) is 6.54 Å². The molecule has 1 aliphatic heterocycles. The Bertz CT molecular complexity index is 119. The fourth-order valence-corrected chi connectivity index (χ4v) is 0.802. The van der Waals surface area contributed by atoms with Crippen LogP contribution in [0, 0.1) is 12.3 Å². The molecular formula is C6H9NO. The maximum atomic E-state index is 9.20. The molecule has 1 atom stereocenters. The van der Waals surface area contributed by atoms with E-state index in [0.29, 0.717) is 13.0 Å². The van der Waals surface area contributed by atoms with E-state index in [-0.39, 0.29) is 0 Å². The first kappa shape index (κ1) is 5.61. The van der Waals surface area contributed by atoms with Crippen molar-refractivity contribution in [1.82, 2.24) is 5.32 Å².